The zero-order valence-corrected chi connectivity index (χ0v) is 42.9. The molecule has 0 aromatic rings. The molecule has 0 aromatic carbocycles. The van der Waals surface area contributed by atoms with E-state index < -0.39 is 151 Å². The molecule has 0 aliphatic heterocycles. The van der Waals surface area contributed by atoms with Crippen LogP contribution in [0.4, 0.5) is 0 Å². The number of primary amides is 1. The third-order valence-electron chi connectivity index (χ3n) is 10.9. The summed E-state index contributed by atoms with van der Waals surface area (Å²) in [5, 5.41) is 47.4. The van der Waals surface area contributed by atoms with Crippen molar-refractivity contribution < 1.29 is 72.9 Å². The predicted molar refractivity (Wildman–Crippen MR) is 263 cm³/mol. The molecule has 0 aromatic heterocycles. The molecule has 0 aliphatic carbocycles. The fraction of sp³-hybridized carbons (Fsp3) is 0.711. The zero-order valence-electron chi connectivity index (χ0n) is 42.9. The first kappa shape index (κ1) is 65.9. The first-order chi connectivity index (χ1) is 33.9. The van der Waals surface area contributed by atoms with Gasteiger partial charge in [-0.3, -0.25) is 62.5 Å². The number of nitrogens with two attached hydrogens (primary N) is 4. The van der Waals surface area contributed by atoms with Crippen LogP contribution in [-0.4, -0.2) is 154 Å². The van der Waals surface area contributed by atoms with Crippen LogP contribution in [0, 0.1) is 23.7 Å². The maximum atomic E-state index is 14.2. The number of amides is 9. The monoisotopic (exact) mass is 1040 g/mol. The number of carboxylic acid groups (broad SMARTS) is 3. The Morgan fingerprint density at radius 3 is 1.26 bits per heavy atom. The van der Waals surface area contributed by atoms with E-state index in [-0.39, 0.29) is 68.8 Å². The molecule has 0 fully saturated rings. The molecule has 9 atom stereocenters. The molecular weight excluding hydrogens is 963 g/mol. The van der Waals surface area contributed by atoms with Crippen LogP contribution in [-0.2, 0) is 57.5 Å². The highest BCUT2D eigenvalue weighted by atomic mass is 16.4. The molecule has 414 valence electrons. The normalized spacial score (nSPS) is 14.8. The van der Waals surface area contributed by atoms with Gasteiger partial charge in [-0.25, -0.2) is 0 Å². The van der Waals surface area contributed by atoms with E-state index in [2.05, 4.69) is 47.5 Å². The lowest BCUT2D eigenvalue weighted by Crippen LogP contribution is -2.61. The number of aliphatic imine (C=N–C) groups is 1. The number of nitrogens with zero attached hydrogens (tertiary/aromatic N) is 1. The second-order valence-electron chi connectivity index (χ2n) is 19.0. The first-order valence-corrected chi connectivity index (χ1v) is 24.0. The highest BCUT2D eigenvalue weighted by Gasteiger charge is 2.37. The number of aliphatic carboxylic acids is 3. The number of nitrogens with one attached hydrogen (secondary N) is 8. The Bertz CT molecular complexity index is 1960. The van der Waals surface area contributed by atoms with Crippen molar-refractivity contribution >= 4 is 77.0 Å². The first-order valence-electron chi connectivity index (χ1n) is 24.0. The summed E-state index contributed by atoms with van der Waals surface area (Å²) in [6.07, 6.45) is -2.24. The average molecular weight is 1040 g/mol. The van der Waals surface area contributed by atoms with Gasteiger partial charge in [0, 0.05) is 13.0 Å². The molecule has 0 radical (unpaired) electrons. The topological polar surface area (TPSA) is 478 Å². The molecular formula is C45H79N13O15. The van der Waals surface area contributed by atoms with Crippen molar-refractivity contribution in [2.24, 2.45) is 51.6 Å². The van der Waals surface area contributed by atoms with Crippen LogP contribution in [0.1, 0.15) is 120 Å². The lowest BCUT2D eigenvalue weighted by atomic mass is 9.97. The fourth-order valence-corrected chi connectivity index (χ4v) is 6.97. The summed E-state index contributed by atoms with van der Waals surface area (Å²) in [5.41, 5.74) is 21.8. The minimum Gasteiger partial charge on any atom is -0.481 e. The Morgan fingerprint density at radius 2 is 0.877 bits per heavy atom. The Balaban J connectivity index is 6.73. The van der Waals surface area contributed by atoms with Gasteiger partial charge in [-0.2, -0.15) is 0 Å². The van der Waals surface area contributed by atoms with Gasteiger partial charge >= 0.3 is 17.9 Å². The van der Waals surface area contributed by atoms with Gasteiger partial charge in [-0.1, -0.05) is 61.8 Å². The number of carboxylic acids is 3. The van der Waals surface area contributed by atoms with Crippen LogP contribution in [0.25, 0.3) is 0 Å². The molecule has 0 heterocycles. The van der Waals surface area contributed by atoms with Crippen molar-refractivity contribution in [3.8, 4) is 0 Å². The molecule has 19 N–H and O–H groups in total. The van der Waals surface area contributed by atoms with Crippen molar-refractivity contribution in [3.63, 3.8) is 0 Å². The summed E-state index contributed by atoms with van der Waals surface area (Å²) < 4.78 is 0. The molecule has 0 spiro atoms. The van der Waals surface area contributed by atoms with E-state index >= 15 is 0 Å². The second-order valence-corrected chi connectivity index (χ2v) is 19.0. The number of hydrogen-bond acceptors (Lipinski definition) is 14. The fourth-order valence-electron chi connectivity index (χ4n) is 6.97. The molecule has 73 heavy (non-hydrogen) atoms. The maximum absolute atomic E-state index is 14.2. The van der Waals surface area contributed by atoms with Gasteiger partial charge in [0.25, 0.3) is 0 Å². The summed E-state index contributed by atoms with van der Waals surface area (Å²) in [5.74, 6) is -14.4. The number of guanidine groups is 1. The number of carbonyl (C=O) groups excluding carboxylic acids is 9. The van der Waals surface area contributed by atoms with Crippen molar-refractivity contribution in [2.75, 3.05) is 13.1 Å². The third-order valence-corrected chi connectivity index (χ3v) is 10.9. The van der Waals surface area contributed by atoms with E-state index in [9.17, 15) is 62.6 Å². The summed E-state index contributed by atoms with van der Waals surface area (Å²) in [6, 6.07) is -11.8. The van der Waals surface area contributed by atoms with E-state index in [0.29, 0.717) is 6.42 Å². The molecule has 0 saturated carbocycles. The summed E-state index contributed by atoms with van der Waals surface area (Å²) >= 11 is 0. The van der Waals surface area contributed by atoms with Gasteiger partial charge in [0.2, 0.25) is 53.2 Å². The molecule has 0 aliphatic rings. The Kier molecular flexibility index (Phi) is 30.2. The number of rotatable bonds is 36. The molecule has 0 bridgehead atoms. The van der Waals surface area contributed by atoms with E-state index in [1.807, 2.05) is 0 Å². The molecule has 9 amide bonds. The van der Waals surface area contributed by atoms with Gasteiger partial charge in [0.1, 0.15) is 48.8 Å². The Morgan fingerprint density at radius 1 is 0.479 bits per heavy atom. The van der Waals surface area contributed by atoms with Crippen LogP contribution in [0.2, 0.25) is 0 Å². The lowest BCUT2D eigenvalue weighted by molar-refractivity contribution is -0.142. The predicted octanol–water partition coefficient (Wildman–Crippen LogP) is -3.64. The zero-order chi connectivity index (χ0) is 56.3. The van der Waals surface area contributed by atoms with E-state index in [0.717, 1.165) is 0 Å². The lowest BCUT2D eigenvalue weighted by Gasteiger charge is -2.29. The minimum atomic E-state index is -1.81. The molecule has 28 heteroatoms. The highest BCUT2D eigenvalue weighted by Crippen LogP contribution is 2.14. The van der Waals surface area contributed by atoms with E-state index in [1.54, 1.807) is 55.4 Å². The van der Waals surface area contributed by atoms with Crippen molar-refractivity contribution in [1.29, 1.82) is 0 Å². The third kappa shape index (κ3) is 27.9. The van der Waals surface area contributed by atoms with Crippen LogP contribution in [0.15, 0.2) is 4.99 Å². The largest absolute Gasteiger partial charge is 0.481 e. The van der Waals surface area contributed by atoms with Crippen LogP contribution < -0.4 is 65.5 Å². The smallest absolute Gasteiger partial charge is 0.322 e. The van der Waals surface area contributed by atoms with Gasteiger partial charge in [0.15, 0.2) is 5.96 Å². The second kappa shape index (κ2) is 33.5. The van der Waals surface area contributed by atoms with Crippen LogP contribution in [0.3, 0.4) is 0 Å². The Labute approximate surface area is 424 Å². The quantitative estimate of drug-likeness (QED) is 0.0163. The van der Waals surface area contributed by atoms with Gasteiger partial charge in [-0.15, -0.1) is 0 Å². The summed E-state index contributed by atoms with van der Waals surface area (Å²) in [7, 11) is 0. The molecule has 0 rings (SSSR count). The van der Waals surface area contributed by atoms with Crippen molar-refractivity contribution in [3.05, 3.63) is 0 Å². The minimum absolute atomic E-state index is 0.00929. The van der Waals surface area contributed by atoms with Crippen LogP contribution >= 0.6 is 0 Å². The van der Waals surface area contributed by atoms with Gasteiger partial charge < -0.3 is 80.8 Å². The van der Waals surface area contributed by atoms with E-state index in [4.69, 9.17) is 33.1 Å². The molecule has 0 saturated heterocycles. The number of carbonyl (C=O) groups is 12. The van der Waals surface area contributed by atoms with Crippen molar-refractivity contribution in [2.45, 2.75) is 168 Å². The average Bonchev–Trinajstić information content (AvgIpc) is 3.26. The highest BCUT2D eigenvalue weighted by molar-refractivity contribution is 5.99. The maximum Gasteiger partial charge on any atom is 0.322 e. The van der Waals surface area contributed by atoms with Gasteiger partial charge in [0.05, 0.1) is 18.9 Å². The summed E-state index contributed by atoms with van der Waals surface area (Å²) in [4.78, 5) is 159. The molecule has 28 nitrogen and oxygen atoms in total. The summed E-state index contributed by atoms with van der Waals surface area (Å²) in [6.45, 7) is 12.9. The van der Waals surface area contributed by atoms with Crippen LogP contribution in [0.5, 0.6) is 0 Å². The molecule has 0 unspecified atom stereocenters. The van der Waals surface area contributed by atoms with E-state index in [1.165, 1.54) is 0 Å². The standard InChI is InChI=1S/C45H79N13O15/c1-9-24(8)36(58-37(66)25(46)18-33(60)61)44(73)57-31(19-34(62)63)43(72)56-30(17-23(6)7)42(71)55-29(16-22(4)5)41(70)54-28(15-21(2)3)40(69)53-27(12-13-32(47)59)39(68)52-26(11-10-14-50-45(48)49)38(67)51-20-35(64)65/h21-31,36H,9-20,46H2,1-8H3,(H2,47,59)(H,51,67)(H,52,68)(H,53,69)(H,54,70)(H,55,71)(H,56,72)(H,57,73)(H,58,66)(H,60,61)(H,62,63)(H,64,65)(H4,48,49,50)/t24-,25-,26-,27-,28-,29-,30-,31-,36-/m0/s1. The van der Waals surface area contributed by atoms with Crippen molar-refractivity contribution in [1.82, 2.24) is 42.5 Å². The van der Waals surface area contributed by atoms with Gasteiger partial charge in [-0.05, 0) is 62.2 Å². The SMILES string of the molecule is CC[C@H](C)[C@H](NC(=O)[C@@H](N)CC(=O)O)C(=O)N[C@@H](CC(=O)O)C(=O)N[C@@H](CC(C)C)C(=O)N[C@@H](CC(C)C)C(=O)N[C@@H](CC(C)C)C(=O)N[C@@H](CCC(N)=O)C(=O)N[C@@H](CCCN=C(N)N)C(=O)NCC(=O)O. The Hall–Kier alpha value is -7.13. The number of hydrogen-bond donors (Lipinski definition) is 15.